The highest BCUT2D eigenvalue weighted by Crippen LogP contribution is 2.21. The van der Waals surface area contributed by atoms with E-state index in [1.54, 1.807) is 14.2 Å². The third-order valence-electron chi connectivity index (χ3n) is 3.27. The molecule has 120 valence electrons. The fourth-order valence-corrected chi connectivity index (χ4v) is 2.07. The van der Waals surface area contributed by atoms with E-state index in [1.165, 1.54) is 11.3 Å². The van der Waals surface area contributed by atoms with Gasteiger partial charge in [0.15, 0.2) is 0 Å². The number of methoxy groups -OCH3 is 2. The van der Waals surface area contributed by atoms with Gasteiger partial charge >= 0.3 is 0 Å². The van der Waals surface area contributed by atoms with Crippen molar-refractivity contribution in [1.82, 2.24) is 10.3 Å². The average molecular weight is 295 g/mol. The van der Waals surface area contributed by atoms with Gasteiger partial charge in [-0.1, -0.05) is 13.8 Å². The molecule has 0 fully saturated rings. The van der Waals surface area contributed by atoms with Crippen LogP contribution in [-0.4, -0.2) is 51.5 Å². The zero-order valence-electron chi connectivity index (χ0n) is 14.0. The summed E-state index contributed by atoms with van der Waals surface area (Å²) in [5.41, 5.74) is 3.45. The Balaban J connectivity index is 2.93. The van der Waals surface area contributed by atoms with E-state index < -0.39 is 0 Å². The molecule has 0 aliphatic carbocycles. The minimum atomic E-state index is 0.450. The number of nitrogens with zero attached hydrogens (tertiary/aromatic N) is 2. The molecule has 0 atom stereocenters. The quantitative estimate of drug-likeness (QED) is 0.715. The second-order valence-electron chi connectivity index (χ2n) is 5.46. The third kappa shape index (κ3) is 6.42. The lowest BCUT2D eigenvalue weighted by atomic mass is 10.1. The van der Waals surface area contributed by atoms with Crippen molar-refractivity contribution in [3.63, 3.8) is 0 Å². The number of hydrogen-bond acceptors (Lipinski definition) is 5. The topological polar surface area (TPSA) is 46.6 Å². The monoisotopic (exact) mass is 295 g/mol. The first-order valence-corrected chi connectivity index (χ1v) is 7.50. The van der Waals surface area contributed by atoms with E-state index in [2.05, 4.69) is 35.1 Å². The van der Waals surface area contributed by atoms with Gasteiger partial charge in [-0.2, -0.15) is 0 Å². The van der Waals surface area contributed by atoms with Gasteiger partial charge in [0.2, 0.25) is 0 Å². The highest BCUT2D eigenvalue weighted by molar-refractivity contribution is 5.53. The van der Waals surface area contributed by atoms with Gasteiger partial charge in [0.1, 0.15) is 0 Å². The number of hydrogen-bond donors (Lipinski definition) is 1. The molecule has 0 aromatic carbocycles. The Kier molecular flexibility index (Phi) is 8.27. The second kappa shape index (κ2) is 9.71. The molecule has 0 amide bonds. The lowest BCUT2D eigenvalue weighted by Gasteiger charge is -2.27. The molecule has 5 nitrogen and oxygen atoms in total. The van der Waals surface area contributed by atoms with Crippen molar-refractivity contribution in [2.45, 2.75) is 33.4 Å². The van der Waals surface area contributed by atoms with Crippen LogP contribution in [0, 0.1) is 6.92 Å². The summed E-state index contributed by atoms with van der Waals surface area (Å²) in [6.07, 6.45) is 1.96. The second-order valence-corrected chi connectivity index (χ2v) is 5.46. The summed E-state index contributed by atoms with van der Waals surface area (Å²) in [5, 5.41) is 3.46. The zero-order chi connectivity index (χ0) is 15.7. The van der Waals surface area contributed by atoms with Crippen molar-refractivity contribution in [2.75, 3.05) is 45.4 Å². The van der Waals surface area contributed by atoms with Crippen molar-refractivity contribution in [3.05, 3.63) is 23.5 Å². The molecule has 1 rings (SSSR count). The van der Waals surface area contributed by atoms with E-state index in [9.17, 15) is 0 Å². The molecule has 0 aliphatic rings. The molecule has 0 bridgehead atoms. The van der Waals surface area contributed by atoms with Crippen LogP contribution in [0.1, 0.15) is 25.1 Å². The minimum absolute atomic E-state index is 0.450. The van der Waals surface area contributed by atoms with Crippen molar-refractivity contribution < 1.29 is 9.47 Å². The Hall–Kier alpha value is -1.17. The van der Waals surface area contributed by atoms with Crippen LogP contribution in [0.25, 0.3) is 0 Å². The molecule has 0 unspecified atom stereocenters. The number of aryl methyl sites for hydroxylation is 1. The van der Waals surface area contributed by atoms with E-state index in [1.807, 2.05) is 13.1 Å². The normalized spacial score (nSPS) is 11.1. The SMILES string of the molecule is COCCN(CCOC)c1cc(C)ncc1CNC(C)C. The number of ether oxygens (including phenoxy) is 2. The first-order chi connectivity index (χ1) is 10.1. The van der Waals surface area contributed by atoms with E-state index in [-0.39, 0.29) is 0 Å². The van der Waals surface area contributed by atoms with Gasteiger partial charge in [0, 0.05) is 63.0 Å². The zero-order valence-corrected chi connectivity index (χ0v) is 14.0. The summed E-state index contributed by atoms with van der Waals surface area (Å²) in [7, 11) is 3.46. The van der Waals surface area contributed by atoms with Crippen LogP contribution in [0.2, 0.25) is 0 Å². The molecule has 1 aromatic heterocycles. The molecular weight excluding hydrogens is 266 g/mol. The highest BCUT2D eigenvalue weighted by Gasteiger charge is 2.12. The van der Waals surface area contributed by atoms with Gasteiger partial charge in [0.05, 0.1) is 13.2 Å². The van der Waals surface area contributed by atoms with Gasteiger partial charge < -0.3 is 19.7 Å². The predicted molar refractivity (Wildman–Crippen MR) is 86.9 cm³/mol. The largest absolute Gasteiger partial charge is 0.383 e. The van der Waals surface area contributed by atoms with Gasteiger partial charge in [-0.05, 0) is 13.0 Å². The summed E-state index contributed by atoms with van der Waals surface area (Å²) in [5.74, 6) is 0. The van der Waals surface area contributed by atoms with Crippen molar-refractivity contribution >= 4 is 5.69 Å². The maximum Gasteiger partial charge on any atom is 0.0637 e. The van der Waals surface area contributed by atoms with E-state index in [0.29, 0.717) is 19.3 Å². The molecular formula is C16H29N3O2. The smallest absolute Gasteiger partial charge is 0.0637 e. The molecule has 5 heteroatoms. The summed E-state index contributed by atoms with van der Waals surface area (Å²) < 4.78 is 10.5. The molecule has 0 radical (unpaired) electrons. The van der Waals surface area contributed by atoms with Crippen LogP contribution in [-0.2, 0) is 16.0 Å². The standard InChI is InChI=1S/C16H29N3O2/c1-13(2)17-11-15-12-18-14(3)10-16(15)19(6-8-20-4)7-9-21-5/h10,12-13,17H,6-9,11H2,1-5H3. The fraction of sp³-hybridized carbons (Fsp3) is 0.688. The van der Waals surface area contributed by atoms with Gasteiger partial charge in [-0.25, -0.2) is 0 Å². The van der Waals surface area contributed by atoms with Crippen LogP contribution in [0.15, 0.2) is 12.3 Å². The summed E-state index contributed by atoms with van der Waals surface area (Å²) >= 11 is 0. The maximum absolute atomic E-state index is 5.23. The van der Waals surface area contributed by atoms with Crippen LogP contribution < -0.4 is 10.2 Å². The van der Waals surface area contributed by atoms with Crippen LogP contribution >= 0.6 is 0 Å². The van der Waals surface area contributed by atoms with Gasteiger partial charge in [-0.15, -0.1) is 0 Å². The van der Waals surface area contributed by atoms with E-state index in [0.717, 1.165) is 25.3 Å². The lowest BCUT2D eigenvalue weighted by molar-refractivity contribution is 0.190. The fourth-order valence-electron chi connectivity index (χ4n) is 2.07. The number of aromatic nitrogens is 1. The van der Waals surface area contributed by atoms with Crippen molar-refractivity contribution in [1.29, 1.82) is 0 Å². The third-order valence-corrected chi connectivity index (χ3v) is 3.27. The Morgan fingerprint density at radius 3 is 2.33 bits per heavy atom. The number of nitrogens with one attached hydrogen (secondary N) is 1. The number of rotatable bonds is 10. The molecule has 21 heavy (non-hydrogen) atoms. The Morgan fingerprint density at radius 2 is 1.81 bits per heavy atom. The molecule has 0 spiro atoms. The Labute approximate surface area is 128 Å². The Bertz CT molecular complexity index is 403. The van der Waals surface area contributed by atoms with Crippen molar-refractivity contribution in [2.24, 2.45) is 0 Å². The molecule has 0 aliphatic heterocycles. The van der Waals surface area contributed by atoms with Crippen molar-refractivity contribution in [3.8, 4) is 0 Å². The summed E-state index contributed by atoms with van der Waals surface area (Å²) in [4.78, 5) is 6.74. The number of pyridine rings is 1. The lowest BCUT2D eigenvalue weighted by Crippen LogP contribution is -2.32. The average Bonchev–Trinajstić information content (AvgIpc) is 2.46. The molecule has 1 heterocycles. The van der Waals surface area contributed by atoms with Crippen LogP contribution in [0.5, 0.6) is 0 Å². The minimum Gasteiger partial charge on any atom is -0.383 e. The molecule has 1 N–H and O–H groups in total. The predicted octanol–water partition coefficient (Wildman–Crippen LogP) is 1.99. The summed E-state index contributed by atoms with van der Waals surface area (Å²) in [6.45, 7) is 10.2. The maximum atomic E-state index is 5.23. The van der Waals surface area contributed by atoms with E-state index >= 15 is 0 Å². The van der Waals surface area contributed by atoms with Gasteiger partial charge in [-0.3, -0.25) is 4.98 Å². The van der Waals surface area contributed by atoms with Crippen LogP contribution in [0.4, 0.5) is 5.69 Å². The summed E-state index contributed by atoms with van der Waals surface area (Å²) in [6, 6.07) is 2.59. The Morgan fingerprint density at radius 1 is 1.19 bits per heavy atom. The van der Waals surface area contributed by atoms with Gasteiger partial charge in [0.25, 0.3) is 0 Å². The first-order valence-electron chi connectivity index (χ1n) is 7.50. The highest BCUT2D eigenvalue weighted by atomic mass is 16.5. The number of anilines is 1. The molecule has 1 aromatic rings. The van der Waals surface area contributed by atoms with E-state index in [4.69, 9.17) is 9.47 Å². The molecule has 0 saturated heterocycles. The molecule has 0 saturated carbocycles. The van der Waals surface area contributed by atoms with Crippen LogP contribution in [0.3, 0.4) is 0 Å². The first kappa shape index (κ1) is 17.9.